The highest BCUT2D eigenvalue weighted by atomic mass is 16.6. The molecule has 216 valence electrons. The molecule has 8 saturated carbocycles. The third-order valence-corrected chi connectivity index (χ3v) is 12.2. The van der Waals surface area contributed by atoms with E-state index in [1.165, 1.54) is 38.5 Å². The van der Waals surface area contributed by atoms with E-state index < -0.39 is 11.0 Å². The fourth-order valence-corrected chi connectivity index (χ4v) is 9.50. The molecule has 0 aromatic carbocycles. The molecular formula is C33H54O5. The average Bonchev–Trinajstić information content (AvgIpc) is 2.80. The molecule has 0 saturated heterocycles. The van der Waals surface area contributed by atoms with Gasteiger partial charge in [-0.3, -0.25) is 9.59 Å². The van der Waals surface area contributed by atoms with Crippen LogP contribution >= 0.6 is 0 Å². The maximum atomic E-state index is 12.5. The van der Waals surface area contributed by atoms with Crippen LogP contribution in [-0.2, 0) is 19.1 Å². The summed E-state index contributed by atoms with van der Waals surface area (Å²) in [6, 6.07) is 0. The van der Waals surface area contributed by atoms with Crippen molar-refractivity contribution in [1.29, 1.82) is 0 Å². The Balaban J connectivity index is 0.000000155. The van der Waals surface area contributed by atoms with Crippen molar-refractivity contribution in [3.63, 3.8) is 0 Å². The fraction of sp³-hybridized carbons (Fsp3) is 0.939. The van der Waals surface area contributed by atoms with Gasteiger partial charge in [-0.25, -0.2) is 0 Å². The van der Waals surface area contributed by atoms with Gasteiger partial charge < -0.3 is 14.6 Å². The molecule has 8 bridgehead atoms. The molecule has 0 amide bonds. The van der Waals surface area contributed by atoms with Gasteiger partial charge in [0.15, 0.2) is 0 Å². The minimum absolute atomic E-state index is 0.0185. The molecule has 8 aliphatic carbocycles. The van der Waals surface area contributed by atoms with Gasteiger partial charge in [0.1, 0.15) is 11.2 Å². The molecule has 1 N–H and O–H groups in total. The molecule has 2 atom stereocenters. The SMILES string of the molecule is CCC(C)(C)C(=O)OC1(C)C2CC3CC(C2)CC1C3.CCC(C)(C)C(=O)OC12CC3CC(CC(O)(C3)C1)C2. The van der Waals surface area contributed by atoms with E-state index in [4.69, 9.17) is 9.47 Å². The first-order valence-corrected chi connectivity index (χ1v) is 15.8. The lowest BCUT2D eigenvalue weighted by molar-refractivity contribution is -0.225. The molecule has 0 aliphatic heterocycles. The molecule has 0 heterocycles. The summed E-state index contributed by atoms with van der Waals surface area (Å²) in [4.78, 5) is 24.9. The summed E-state index contributed by atoms with van der Waals surface area (Å²) in [6.45, 7) is 14.2. The maximum absolute atomic E-state index is 12.5. The zero-order chi connectivity index (χ0) is 27.7. The molecule has 0 aromatic rings. The highest BCUT2D eigenvalue weighted by molar-refractivity contribution is 5.76. The van der Waals surface area contributed by atoms with Crippen molar-refractivity contribution in [2.45, 2.75) is 149 Å². The number of carbonyl (C=O) groups is 2. The number of ether oxygens (including phenoxy) is 2. The Morgan fingerprint density at radius 2 is 1.13 bits per heavy atom. The van der Waals surface area contributed by atoms with Gasteiger partial charge in [0.25, 0.3) is 0 Å². The van der Waals surface area contributed by atoms with E-state index in [0.717, 1.165) is 50.4 Å². The summed E-state index contributed by atoms with van der Waals surface area (Å²) in [6.07, 6.45) is 13.9. The van der Waals surface area contributed by atoms with E-state index in [2.05, 4.69) is 13.8 Å². The molecule has 8 rings (SSSR count). The fourth-order valence-electron chi connectivity index (χ4n) is 9.50. The maximum Gasteiger partial charge on any atom is 0.312 e. The Morgan fingerprint density at radius 3 is 1.55 bits per heavy atom. The predicted molar refractivity (Wildman–Crippen MR) is 148 cm³/mol. The Labute approximate surface area is 231 Å². The van der Waals surface area contributed by atoms with Crippen LogP contribution in [0.2, 0.25) is 0 Å². The first kappa shape index (κ1) is 28.4. The van der Waals surface area contributed by atoms with E-state index >= 15 is 0 Å². The molecule has 0 spiro atoms. The molecule has 0 aromatic heterocycles. The van der Waals surface area contributed by atoms with Gasteiger partial charge in [-0.2, -0.15) is 0 Å². The standard InChI is InChI=1S/C17H28O2.C16H26O3/c1-5-16(2,3)15(18)19-17(4)13-7-11-6-12(9-13)10-14(17)8-11;1-4-14(2,3)13(17)19-16-8-11-5-12(9-16)7-15(18,6-11)10-16/h11-14H,5-10H2,1-4H3;11-12,18H,4-10H2,1-3H3. The van der Waals surface area contributed by atoms with E-state index in [9.17, 15) is 14.7 Å². The van der Waals surface area contributed by atoms with Crippen molar-refractivity contribution in [2.24, 2.45) is 46.3 Å². The molecule has 2 unspecified atom stereocenters. The minimum atomic E-state index is -0.555. The van der Waals surface area contributed by atoms with Crippen LogP contribution in [0, 0.1) is 46.3 Å². The lowest BCUT2D eigenvalue weighted by Crippen LogP contribution is -2.61. The second kappa shape index (κ2) is 9.48. The molecule has 8 fully saturated rings. The third-order valence-electron chi connectivity index (χ3n) is 12.2. The first-order valence-electron chi connectivity index (χ1n) is 15.8. The molecule has 5 heteroatoms. The van der Waals surface area contributed by atoms with Gasteiger partial charge in [0.05, 0.1) is 16.4 Å². The smallest absolute Gasteiger partial charge is 0.312 e. The second-order valence-electron chi connectivity index (χ2n) is 16.1. The van der Waals surface area contributed by atoms with Gasteiger partial charge in [-0.05, 0) is 147 Å². The normalized spacial score (nSPS) is 44.4. The van der Waals surface area contributed by atoms with Crippen molar-refractivity contribution in [2.75, 3.05) is 0 Å². The van der Waals surface area contributed by atoms with Crippen LogP contribution in [0.25, 0.3) is 0 Å². The predicted octanol–water partition coefficient (Wildman–Crippen LogP) is 7.23. The van der Waals surface area contributed by atoms with Crippen LogP contribution in [0.5, 0.6) is 0 Å². The summed E-state index contributed by atoms with van der Waals surface area (Å²) in [7, 11) is 0. The number of aliphatic hydroxyl groups is 1. The van der Waals surface area contributed by atoms with Gasteiger partial charge in [-0.15, -0.1) is 0 Å². The minimum Gasteiger partial charge on any atom is -0.459 e. The van der Waals surface area contributed by atoms with E-state index in [1.54, 1.807) is 0 Å². The number of esters is 2. The van der Waals surface area contributed by atoms with Crippen molar-refractivity contribution in [3.8, 4) is 0 Å². The zero-order valence-electron chi connectivity index (χ0n) is 25.2. The summed E-state index contributed by atoms with van der Waals surface area (Å²) < 4.78 is 12.1. The quantitative estimate of drug-likeness (QED) is 0.367. The summed E-state index contributed by atoms with van der Waals surface area (Å²) in [5, 5.41) is 10.6. The Morgan fingerprint density at radius 1 is 0.711 bits per heavy atom. The number of hydrogen-bond donors (Lipinski definition) is 1. The van der Waals surface area contributed by atoms with Crippen molar-refractivity contribution in [1.82, 2.24) is 0 Å². The first-order chi connectivity index (χ1) is 17.6. The van der Waals surface area contributed by atoms with E-state index in [0.29, 0.717) is 30.1 Å². The molecule has 8 aliphatic rings. The van der Waals surface area contributed by atoms with Gasteiger partial charge in [0.2, 0.25) is 0 Å². The van der Waals surface area contributed by atoms with Crippen LogP contribution in [0.4, 0.5) is 0 Å². The molecule has 5 nitrogen and oxygen atoms in total. The number of carbonyl (C=O) groups excluding carboxylic acids is 2. The summed E-state index contributed by atoms with van der Waals surface area (Å²) in [5.41, 5.74) is -1.83. The molecular weight excluding hydrogens is 476 g/mol. The van der Waals surface area contributed by atoms with Crippen LogP contribution in [0.15, 0.2) is 0 Å². The van der Waals surface area contributed by atoms with Crippen molar-refractivity contribution < 1.29 is 24.2 Å². The zero-order valence-corrected chi connectivity index (χ0v) is 25.2. The van der Waals surface area contributed by atoms with Gasteiger partial charge in [-0.1, -0.05) is 13.8 Å². The van der Waals surface area contributed by atoms with Gasteiger partial charge >= 0.3 is 11.9 Å². The Kier molecular flexibility index (Phi) is 7.10. The van der Waals surface area contributed by atoms with Crippen molar-refractivity contribution >= 4 is 11.9 Å². The van der Waals surface area contributed by atoms with Gasteiger partial charge in [0, 0.05) is 6.42 Å². The Hall–Kier alpha value is -1.10. The highest BCUT2D eigenvalue weighted by Gasteiger charge is 2.60. The van der Waals surface area contributed by atoms with Crippen LogP contribution in [0.3, 0.4) is 0 Å². The van der Waals surface area contributed by atoms with E-state index in [1.807, 2.05) is 34.6 Å². The lowest BCUT2D eigenvalue weighted by Gasteiger charge is -2.59. The van der Waals surface area contributed by atoms with Crippen LogP contribution in [0.1, 0.15) is 132 Å². The van der Waals surface area contributed by atoms with Crippen molar-refractivity contribution in [3.05, 3.63) is 0 Å². The second-order valence-corrected chi connectivity index (χ2v) is 16.1. The van der Waals surface area contributed by atoms with E-state index in [-0.39, 0.29) is 28.6 Å². The van der Waals surface area contributed by atoms with Crippen LogP contribution in [-0.4, -0.2) is 33.8 Å². The highest BCUT2D eigenvalue weighted by Crippen LogP contribution is 2.60. The molecule has 0 radical (unpaired) electrons. The number of hydrogen-bond acceptors (Lipinski definition) is 5. The van der Waals surface area contributed by atoms with Crippen LogP contribution < -0.4 is 0 Å². The molecule has 38 heavy (non-hydrogen) atoms. The monoisotopic (exact) mass is 530 g/mol. The summed E-state index contributed by atoms with van der Waals surface area (Å²) in [5.74, 6) is 4.15. The average molecular weight is 531 g/mol. The summed E-state index contributed by atoms with van der Waals surface area (Å²) >= 11 is 0. The largest absolute Gasteiger partial charge is 0.459 e. The Bertz CT molecular complexity index is 890. The lowest BCUT2D eigenvalue weighted by atomic mass is 9.50. The third kappa shape index (κ3) is 5.07. The topological polar surface area (TPSA) is 72.8 Å². The number of rotatable bonds is 6.